The average molecular weight is 558 g/mol. The fourth-order valence-electron chi connectivity index (χ4n) is 6.75. The Kier molecular flexibility index (Phi) is 7.42. The summed E-state index contributed by atoms with van der Waals surface area (Å²) in [6, 6.07) is 2.75. The normalized spacial score (nSPS) is 30.1. The maximum atomic E-state index is 13.0. The van der Waals surface area contributed by atoms with Crippen LogP contribution in [0.5, 0.6) is 11.5 Å². The number of likely N-dealkylation sites (N-methyl/N-ethyl adjacent to an activating group) is 2. The first-order chi connectivity index (χ1) is 19.0. The molecule has 0 saturated carbocycles. The third-order valence-electron chi connectivity index (χ3n) is 8.83. The van der Waals surface area contributed by atoms with E-state index in [2.05, 4.69) is 15.2 Å². The molecule has 4 unspecified atom stereocenters. The zero-order valence-corrected chi connectivity index (χ0v) is 22.9. The van der Waals surface area contributed by atoms with E-state index in [1.165, 1.54) is 4.90 Å². The van der Waals surface area contributed by atoms with Gasteiger partial charge in [-0.15, -0.1) is 0 Å². The zero-order chi connectivity index (χ0) is 28.8. The van der Waals surface area contributed by atoms with Gasteiger partial charge in [-0.2, -0.15) is 0 Å². The van der Waals surface area contributed by atoms with Crippen molar-refractivity contribution in [1.82, 2.24) is 15.1 Å². The quantitative estimate of drug-likeness (QED) is 0.0901. The highest BCUT2D eigenvalue weighted by Crippen LogP contribution is 2.64. The highest BCUT2D eigenvalue weighted by molar-refractivity contribution is 5.81. The van der Waals surface area contributed by atoms with E-state index in [1.54, 1.807) is 25.3 Å². The molecule has 0 radical (unpaired) electrons. The molecule has 1 saturated heterocycles. The molecule has 1 spiro atoms. The minimum absolute atomic E-state index is 0.00626. The lowest BCUT2D eigenvalue weighted by Crippen LogP contribution is -2.75. The summed E-state index contributed by atoms with van der Waals surface area (Å²) in [5.74, 6) is 0.292. The van der Waals surface area contributed by atoms with Crippen molar-refractivity contribution in [2.75, 3.05) is 40.3 Å². The van der Waals surface area contributed by atoms with Gasteiger partial charge >= 0.3 is 6.09 Å². The van der Waals surface area contributed by atoms with Crippen LogP contribution in [0.15, 0.2) is 29.3 Å². The number of guanidine groups is 1. The van der Waals surface area contributed by atoms with E-state index in [1.807, 2.05) is 13.1 Å². The Bertz CT molecular complexity index is 1240. The van der Waals surface area contributed by atoms with Crippen LogP contribution in [0.2, 0.25) is 0 Å². The monoisotopic (exact) mass is 557 g/mol. The van der Waals surface area contributed by atoms with Crippen molar-refractivity contribution in [1.29, 1.82) is 0 Å². The van der Waals surface area contributed by atoms with Gasteiger partial charge < -0.3 is 47.1 Å². The molecule has 1 fully saturated rings. The number of aliphatic imine (C=N–C) groups is 1. The number of likely N-dealkylation sites (tertiary alicyclic amines) is 1. The minimum Gasteiger partial charge on any atom is -0.482 e. The van der Waals surface area contributed by atoms with Gasteiger partial charge in [0, 0.05) is 38.3 Å². The molecule has 218 valence electrons. The second kappa shape index (κ2) is 10.5. The first kappa shape index (κ1) is 28.1. The molecule has 4 aliphatic rings. The Hall–Kier alpha value is -3.39. The number of nitrogens with one attached hydrogen (secondary N) is 1. The summed E-state index contributed by atoms with van der Waals surface area (Å²) in [5.41, 5.74) is 16.3. The summed E-state index contributed by atoms with van der Waals surface area (Å²) in [7, 11) is 3.57. The molecule has 13 heteroatoms. The van der Waals surface area contributed by atoms with Crippen LogP contribution in [0, 0.1) is 0 Å². The molecule has 0 aromatic heterocycles. The number of hydrogen-bond donors (Lipinski definition) is 6. The van der Waals surface area contributed by atoms with E-state index in [4.69, 9.17) is 26.7 Å². The van der Waals surface area contributed by atoms with Crippen molar-refractivity contribution in [3.05, 3.63) is 35.4 Å². The van der Waals surface area contributed by atoms with E-state index in [9.17, 15) is 19.8 Å². The molecule has 1 aromatic rings. The number of aliphatic hydroxyl groups excluding tert-OH is 1. The molecule has 9 N–H and O–H groups in total. The molecule has 1 aromatic carbocycles. The van der Waals surface area contributed by atoms with Gasteiger partial charge in [-0.05, 0) is 50.9 Å². The number of aliphatic hydroxyl groups is 2. The van der Waals surface area contributed by atoms with Gasteiger partial charge in [-0.3, -0.25) is 14.7 Å². The smallest absolute Gasteiger partial charge is 0.415 e. The van der Waals surface area contributed by atoms with Crippen molar-refractivity contribution >= 4 is 18.0 Å². The Morgan fingerprint density at radius 3 is 2.90 bits per heavy atom. The second-order valence-corrected chi connectivity index (χ2v) is 11.2. The predicted molar refractivity (Wildman–Crippen MR) is 147 cm³/mol. The van der Waals surface area contributed by atoms with E-state index < -0.39 is 35.4 Å². The number of piperidine rings is 1. The number of benzene rings is 1. The van der Waals surface area contributed by atoms with Crippen LogP contribution in [0.3, 0.4) is 0 Å². The molecule has 2 aliphatic heterocycles. The van der Waals surface area contributed by atoms with Gasteiger partial charge in [-0.25, -0.2) is 4.79 Å². The molecule has 13 nitrogen and oxygen atoms in total. The highest BCUT2D eigenvalue weighted by Gasteiger charge is 2.71. The maximum Gasteiger partial charge on any atom is 0.415 e. The van der Waals surface area contributed by atoms with Gasteiger partial charge in [-0.1, -0.05) is 18.2 Å². The molecular weight excluding hydrogens is 518 g/mol. The van der Waals surface area contributed by atoms with E-state index >= 15 is 0 Å². The molecule has 2 heterocycles. The summed E-state index contributed by atoms with van der Waals surface area (Å²) in [6.07, 6.45) is 3.29. The average Bonchev–Trinajstić information content (AvgIpc) is 3.27. The van der Waals surface area contributed by atoms with E-state index in [-0.39, 0.29) is 36.7 Å². The van der Waals surface area contributed by atoms with Crippen molar-refractivity contribution in [2.45, 2.75) is 61.0 Å². The lowest BCUT2D eigenvalue weighted by Gasteiger charge is -2.61. The van der Waals surface area contributed by atoms with Crippen LogP contribution < -0.4 is 32.0 Å². The predicted octanol–water partition coefficient (Wildman–Crippen LogP) is -1.46. The summed E-state index contributed by atoms with van der Waals surface area (Å²) in [4.78, 5) is 32.6. The molecular formula is C27H39N7O6. The second-order valence-electron chi connectivity index (χ2n) is 11.2. The van der Waals surface area contributed by atoms with Crippen LogP contribution in [-0.2, 0) is 16.6 Å². The number of carbonyl (C=O) groups is 2. The van der Waals surface area contributed by atoms with Gasteiger partial charge in [0.05, 0.1) is 11.5 Å². The lowest BCUT2D eigenvalue weighted by atomic mass is 9.50. The molecule has 40 heavy (non-hydrogen) atoms. The van der Waals surface area contributed by atoms with E-state index in [0.29, 0.717) is 38.0 Å². The fraction of sp³-hybridized carbons (Fsp3) is 0.593. The summed E-state index contributed by atoms with van der Waals surface area (Å²) < 4.78 is 12.1. The largest absolute Gasteiger partial charge is 0.482 e. The number of ether oxygens (including phenoxy) is 2. The van der Waals surface area contributed by atoms with Crippen LogP contribution in [-0.4, -0.2) is 108 Å². The topological polar surface area (TPSA) is 202 Å². The van der Waals surface area contributed by atoms with Crippen LogP contribution in [0.4, 0.5) is 4.79 Å². The minimum atomic E-state index is -1.22. The highest BCUT2D eigenvalue weighted by atomic mass is 16.6. The SMILES string of the molecule is CN(CCNC(=O)[C@@H](N)CCCN=C(N)N)C(=O)Oc1ccc2c3c1OC1C(O)C=C[C@@]4(O)C(C2)N(C)CCC314. The summed E-state index contributed by atoms with van der Waals surface area (Å²) >= 11 is 0. The van der Waals surface area contributed by atoms with Crippen molar-refractivity contribution < 1.29 is 29.3 Å². The summed E-state index contributed by atoms with van der Waals surface area (Å²) in [6.45, 7) is 1.51. The number of nitrogens with two attached hydrogens (primary N) is 3. The third-order valence-corrected chi connectivity index (χ3v) is 8.83. The molecule has 5 rings (SSSR count). The van der Waals surface area contributed by atoms with Crippen LogP contribution in [0.1, 0.15) is 30.4 Å². The Morgan fingerprint density at radius 2 is 2.15 bits per heavy atom. The Labute approximate surface area is 233 Å². The van der Waals surface area contributed by atoms with Crippen LogP contribution in [0.25, 0.3) is 0 Å². The first-order valence-electron chi connectivity index (χ1n) is 13.6. The van der Waals surface area contributed by atoms with Gasteiger partial charge in [0.2, 0.25) is 5.91 Å². The number of rotatable bonds is 9. The number of amides is 2. The van der Waals surface area contributed by atoms with E-state index in [0.717, 1.165) is 17.7 Å². The number of nitrogens with zero attached hydrogens (tertiary/aromatic N) is 3. The third kappa shape index (κ3) is 4.46. The Balaban J connectivity index is 1.24. The summed E-state index contributed by atoms with van der Waals surface area (Å²) in [5, 5.41) is 25.6. The fourth-order valence-corrected chi connectivity index (χ4v) is 6.75. The maximum absolute atomic E-state index is 13.0. The molecule has 6 atom stereocenters. The van der Waals surface area contributed by atoms with Crippen molar-refractivity contribution in [3.63, 3.8) is 0 Å². The molecule has 2 bridgehead atoms. The first-order valence-corrected chi connectivity index (χ1v) is 13.6. The molecule has 2 amide bonds. The van der Waals surface area contributed by atoms with Crippen LogP contribution >= 0.6 is 0 Å². The van der Waals surface area contributed by atoms with Crippen molar-refractivity contribution in [2.24, 2.45) is 22.2 Å². The number of carbonyl (C=O) groups excluding carboxylic acids is 2. The van der Waals surface area contributed by atoms with Crippen molar-refractivity contribution in [3.8, 4) is 11.5 Å². The lowest BCUT2D eigenvalue weighted by molar-refractivity contribution is -0.151. The number of hydrogen-bond acceptors (Lipinski definition) is 9. The van der Waals surface area contributed by atoms with Gasteiger partial charge in [0.1, 0.15) is 17.8 Å². The molecule has 2 aliphatic carbocycles. The van der Waals surface area contributed by atoms with Gasteiger partial charge in [0.15, 0.2) is 17.5 Å². The zero-order valence-electron chi connectivity index (χ0n) is 22.9. The van der Waals surface area contributed by atoms with Gasteiger partial charge in [0.25, 0.3) is 0 Å². The Morgan fingerprint density at radius 1 is 1.38 bits per heavy atom. The standard InChI is InChI=1S/C27H39N7O6/c1-33-12-9-26-20-15-5-6-18(21(20)40-22(26)17(35)7-8-27(26,38)19(33)14-15)39-25(37)34(2)13-11-31-23(36)16(28)4-3-10-32-24(29)30/h5-8,16-17,19,22,35,38H,3-4,9-14,28H2,1-2H3,(H,31,36)(H4,29,30,32)/t16-,17?,19?,22?,26?,27+/m0/s1.